The number of nitrogens with one attached hydrogen (secondary N) is 2. The number of rotatable bonds is 8. The number of aromatic amines is 1. The van der Waals surface area contributed by atoms with Crippen LogP contribution in [0.3, 0.4) is 0 Å². The maximum absolute atomic E-state index is 13.8. The molecule has 2 aliphatic rings. The van der Waals surface area contributed by atoms with Gasteiger partial charge < -0.3 is 19.5 Å². The molecule has 0 bridgehead atoms. The van der Waals surface area contributed by atoms with Crippen molar-refractivity contribution in [2.24, 2.45) is 0 Å². The number of hydrogen-bond donors (Lipinski definition) is 3. The van der Waals surface area contributed by atoms with E-state index in [-0.39, 0.29) is 18.0 Å². The Bertz CT molecular complexity index is 1270. The van der Waals surface area contributed by atoms with Gasteiger partial charge in [-0.25, -0.2) is 9.87 Å². The molecule has 1 atom stereocenters. The van der Waals surface area contributed by atoms with Gasteiger partial charge in [-0.05, 0) is 61.2 Å². The third kappa shape index (κ3) is 4.32. The van der Waals surface area contributed by atoms with E-state index in [1.165, 1.54) is 17.7 Å². The molecule has 0 spiro atoms. The molecule has 0 saturated carbocycles. The second kappa shape index (κ2) is 9.58. The number of fused-ring (bicyclic) bond motifs is 6. The van der Waals surface area contributed by atoms with Gasteiger partial charge in [0.25, 0.3) is 5.91 Å². The highest BCUT2D eigenvalue weighted by Gasteiger charge is 2.41. The van der Waals surface area contributed by atoms with Crippen molar-refractivity contribution in [2.75, 3.05) is 25.1 Å². The first-order valence-corrected chi connectivity index (χ1v) is 12.0. The summed E-state index contributed by atoms with van der Waals surface area (Å²) in [7, 11) is 1.94. The number of H-pyrrole nitrogens is 1. The van der Waals surface area contributed by atoms with Crippen molar-refractivity contribution in [3.8, 4) is 5.75 Å². The van der Waals surface area contributed by atoms with Crippen molar-refractivity contribution < 1.29 is 23.9 Å². The largest absolute Gasteiger partial charge is 0.494 e. The lowest BCUT2D eigenvalue weighted by atomic mass is 9.96. The molecule has 2 amide bonds. The van der Waals surface area contributed by atoms with Crippen molar-refractivity contribution in [2.45, 2.75) is 44.7 Å². The Morgan fingerprint density at radius 2 is 2.03 bits per heavy atom. The molecular formula is C26H29FN4O4. The van der Waals surface area contributed by atoms with Crippen molar-refractivity contribution in [1.29, 1.82) is 0 Å². The van der Waals surface area contributed by atoms with E-state index in [9.17, 15) is 14.0 Å². The molecule has 0 saturated heterocycles. The first-order valence-electron chi connectivity index (χ1n) is 12.0. The van der Waals surface area contributed by atoms with E-state index in [0.717, 1.165) is 53.7 Å². The molecule has 2 aromatic carbocycles. The van der Waals surface area contributed by atoms with E-state index >= 15 is 0 Å². The summed E-state index contributed by atoms with van der Waals surface area (Å²) in [4.78, 5) is 31.5. The molecule has 3 aromatic rings. The molecule has 3 N–H and O–H groups in total. The van der Waals surface area contributed by atoms with Crippen LogP contribution in [-0.2, 0) is 11.2 Å². The van der Waals surface area contributed by atoms with Gasteiger partial charge in [-0.3, -0.25) is 14.8 Å². The molecule has 35 heavy (non-hydrogen) atoms. The standard InChI is InChI=1S/C26H29FN4O4/c1-30-22-10-7-16(27)14-20(22)26(33)31-12-11-18-19-15-17(8-9-21(19)28-24(18)25(30)31)35-13-5-3-2-4-6-23(32)29-34/h7-10,14-15,25,28,34H,2-6,11-13H2,1H3,(H,29,32). The van der Waals surface area contributed by atoms with Gasteiger partial charge in [-0.2, -0.15) is 0 Å². The topological polar surface area (TPSA) is 97.9 Å². The fraction of sp³-hybridized carbons (Fsp3) is 0.385. The molecule has 0 aliphatic carbocycles. The molecule has 8 nitrogen and oxygen atoms in total. The quantitative estimate of drug-likeness (QED) is 0.254. The number of carbonyl (C=O) groups is 2. The Hall–Kier alpha value is -3.59. The van der Waals surface area contributed by atoms with Gasteiger partial charge in [-0.1, -0.05) is 12.8 Å². The summed E-state index contributed by atoms with van der Waals surface area (Å²) in [5.74, 6) is -0.105. The summed E-state index contributed by atoms with van der Waals surface area (Å²) in [6.07, 6.45) is 4.24. The Kier molecular flexibility index (Phi) is 6.34. The maximum Gasteiger partial charge on any atom is 0.258 e. The lowest BCUT2D eigenvalue weighted by Gasteiger charge is -2.46. The predicted molar refractivity (Wildman–Crippen MR) is 129 cm³/mol. The van der Waals surface area contributed by atoms with Crippen molar-refractivity contribution in [3.05, 3.63) is 59.0 Å². The van der Waals surface area contributed by atoms with E-state index in [2.05, 4.69) is 11.1 Å². The average molecular weight is 481 g/mol. The fourth-order valence-electron chi connectivity index (χ4n) is 5.21. The van der Waals surface area contributed by atoms with Crippen molar-refractivity contribution in [1.82, 2.24) is 15.4 Å². The van der Waals surface area contributed by atoms with Gasteiger partial charge in [0, 0.05) is 30.9 Å². The second-order valence-corrected chi connectivity index (χ2v) is 9.17. The molecule has 3 heterocycles. The SMILES string of the molecule is CN1c2ccc(F)cc2C(=O)N2CCc3c([nH]c4ccc(OCCCCCCC(=O)NO)cc34)C21. The van der Waals surface area contributed by atoms with Crippen LogP contribution in [0.25, 0.3) is 10.9 Å². The number of carbonyl (C=O) groups excluding carboxylic acids is 2. The smallest absolute Gasteiger partial charge is 0.258 e. The molecule has 1 unspecified atom stereocenters. The van der Waals surface area contributed by atoms with Gasteiger partial charge >= 0.3 is 0 Å². The van der Waals surface area contributed by atoms with Gasteiger partial charge in [0.1, 0.15) is 17.7 Å². The summed E-state index contributed by atoms with van der Waals surface area (Å²) in [6.45, 7) is 1.15. The van der Waals surface area contributed by atoms with Crippen LogP contribution in [0.15, 0.2) is 36.4 Å². The third-order valence-corrected chi connectivity index (χ3v) is 6.96. The number of ether oxygens (including phenoxy) is 1. The van der Waals surface area contributed by atoms with Crippen LogP contribution < -0.4 is 15.1 Å². The number of aromatic nitrogens is 1. The zero-order chi connectivity index (χ0) is 24.5. The lowest BCUT2D eigenvalue weighted by molar-refractivity contribution is -0.129. The Morgan fingerprint density at radius 3 is 2.86 bits per heavy atom. The van der Waals surface area contributed by atoms with Crippen LogP contribution >= 0.6 is 0 Å². The molecule has 0 radical (unpaired) electrons. The number of hydroxylamine groups is 1. The van der Waals surface area contributed by atoms with E-state index in [4.69, 9.17) is 9.94 Å². The van der Waals surface area contributed by atoms with Crippen LogP contribution in [0.4, 0.5) is 10.1 Å². The number of unbranched alkanes of at least 4 members (excludes halogenated alkanes) is 3. The van der Waals surface area contributed by atoms with Crippen molar-refractivity contribution in [3.63, 3.8) is 0 Å². The summed E-state index contributed by atoms with van der Waals surface area (Å²) >= 11 is 0. The average Bonchev–Trinajstić information content (AvgIpc) is 3.24. The number of anilines is 1. The highest BCUT2D eigenvalue weighted by atomic mass is 19.1. The number of benzene rings is 2. The lowest BCUT2D eigenvalue weighted by Crippen LogP contribution is -2.51. The Balaban J connectivity index is 1.29. The third-order valence-electron chi connectivity index (χ3n) is 6.96. The first-order chi connectivity index (χ1) is 17.0. The zero-order valence-corrected chi connectivity index (χ0v) is 19.6. The Morgan fingerprint density at radius 1 is 1.20 bits per heavy atom. The van der Waals surface area contributed by atoms with Crippen LogP contribution in [0, 0.1) is 5.82 Å². The molecule has 1 aromatic heterocycles. The minimum absolute atomic E-state index is 0.145. The molecule has 0 fully saturated rings. The minimum Gasteiger partial charge on any atom is -0.494 e. The number of nitrogens with zero attached hydrogens (tertiary/aromatic N) is 2. The summed E-state index contributed by atoms with van der Waals surface area (Å²) in [5.41, 5.74) is 5.94. The summed E-state index contributed by atoms with van der Waals surface area (Å²) in [5, 5.41) is 9.61. The number of halogens is 1. The zero-order valence-electron chi connectivity index (χ0n) is 19.6. The summed E-state index contributed by atoms with van der Waals surface area (Å²) < 4.78 is 19.8. The van der Waals surface area contributed by atoms with E-state index in [1.807, 2.05) is 24.1 Å². The van der Waals surface area contributed by atoms with Crippen LogP contribution in [0.5, 0.6) is 5.75 Å². The fourth-order valence-corrected chi connectivity index (χ4v) is 5.21. The molecule has 9 heteroatoms. The van der Waals surface area contributed by atoms with E-state index < -0.39 is 5.82 Å². The van der Waals surface area contributed by atoms with Gasteiger partial charge in [0.2, 0.25) is 5.91 Å². The monoisotopic (exact) mass is 480 g/mol. The van der Waals surface area contributed by atoms with Gasteiger partial charge in [-0.15, -0.1) is 0 Å². The predicted octanol–water partition coefficient (Wildman–Crippen LogP) is 4.29. The highest BCUT2D eigenvalue weighted by molar-refractivity contribution is 6.02. The molecule has 2 aliphatic heterocycles. The van der Waals surface area contributed by atoms with Gasteiger partial charge in [0.05, 0.1) is 23.6 Å². The van der Waals surface area contributed by atoms with Crippen LogP contribution in [-0.4, -0.2) is 47.1 Å². The normalized spacial score (nSPS) is 16.7. The molecular weight excluding hydrogens is 451 g/mol. The molecule has 184 valence electrons. The number of amides is 2. The highest BCUT2D eigenvalue weighted by Crippen LogP contribution is 2.43. The maximum atomic E-state index is 13.8. The molecule has 5 rings (SSSR count). The van der Waals surface area contributed by atoms with E-state index in [1.54, 1.807) is 16.4 Å². The second-order valence-electron chi connectivity index (χ2n) is 9.17. The van der Waals surface area contributed by atoms with Crippen LogP contribution in [0.2, 0.25) is 0 Å². The van der Waals surface area contributed by atoms with E-state index in [0.29, 0.717) is 31.6 Å². The van der Waals surface area contributed by atoms with Crippen molar-refractivity contribution >= 4 is 28.4 Å². The first kappa shape index (κ1) is 23.2. The summed E-state index contributed by atoms with van der Waals surface area (Å²) in [6, 6.07) is 10.4. The minimum atomic E-state index is -0.408. The number of hydrogen-bond acceptors (Lipinski definition) is 5. The Labute approximate surface area is 202 Å². The van der Waals surface area contributed by atoms with Gasteiger partial charge in [0.15, 0.2) is 0 Å². The van der Waals surface area contributed by atoms with Crippen LogP contribution in [0.1, 0.15) is 59.9 Å².